The highest BCUT2D eigenvalue weighted by atomic mass is 19.2. The van der Waals surface area contributed by atoms with Crippen LogP contribution in [-0.4, -0.2) is 22.6 Å². The van der Waals surface area contributed by atoms with Crippen LogP contribution >= 0.6 is 0 Å². The quantitative estimate of drug-likeness (QED) is 0.746. The normalized spacial score (nSPS) is 16.1. The van der Waals surface area contributed by atoms with Crippen molar-refractivity contribution in [3.05, 3.63) is 29.6 Å². The van der Waals surface area contributed by atoms with Crippen molar-refractivity contribution in [2.45, 2.75) is 24.8 Å². The molecule has 3 N–H and O–H groups in total. The average Bonchev–Trinajstić information content (AvgIpc) is 2.29. The first-order chi connectivity index (χ1) is 9.34. The molecule has 1 aliphatic rings. The molecule has 5 nitrogen and oxygen atoms in total. The zero-order valence-electron chi connectivity index (χ0n) is 10.2. The van der Waals surface area contributed by atoms with Gasteiger partial charge in [0.15, 0.2) is 11.6 Å². The SMILES string of the molecule is O=C(Nc1cc(F)cc(F)c1F)NC1(C(=O)O)CCC1. The minimum absolute atomic E-state index is 0.246. The van der Waals surface area contributed by atoms with E-state index in [9.17, 15) is 22.8 Å². The fourth-order valence-corrected chi connectivity index (χ4v) is 1.94. The highest BCUT2D eigenvalue weighted by Gasteiger charge is 2.45. The summed E-state index contributed by atoms with van der Waals surface area (Å²) in [6.45, 7) is 0. The number of amides is 2. The highest BCUT2D eigenvalue weighted by molar-refractivity contribution is 5.94. The van der Waals surface area contributed by atoms with Gasteiger partial charge >= 0.3 is 12.0 Å². The molecule has 108 valence electrons. The minimum Gasteiger partial charge on any atom is -0.480 e. The van der Waals surface area contributed by atoms with E-state index in [0.29, 0.717) is 18.6 Å². The Balaban J connectivity index is 2.11. The molecule has 0 bridgehead atoms. The Morgan fingerprint density at radius 3 is 2.35 bits per heavy atom. The van der Waals surface area contributed by atoms with E-state index in [-0.39, 0.29) is 12.8 Å². The molecule has 1 aromatic rings. The number of carbonyl (C=O) groups is 2. The van der Waals surface area contributed by atoms with Gasteiger partial charge in [-0.15, -0.1) is 0 Å². The fourth-order valence-electron chi connectivity index (χ4n) is 1.94. The number of urea groups is 1. The number of hydrogen-bond donors (Lipinski definition) is 3. The van der Waals surface area contributed by atoms with Crippen molar-refractivity contribution in [1.82, 2.24) is 5.32 Å². The van der Waals surface area contributed by atoms with Crippen LogP contribution in [0, 0.1) is 17.5 Å². The van der Waals surface area contributed by atoms with Gasteiger partial charge < -0.3 is 15.7 Å². The lowest BCUT2D eigenvalue weighted by Gasteiger charge is -2.38. The van der Waals surface area contributed by atoms with Crippen molar-refractivity contribution in [3.63, 3.8) is 0 Å². The molecule has 0 atom stereocenters. The van der Waals surface area contributed by atoms with E-state index in [1.165, 1.54) is 0 Å². The Morgan fingerprint density at radius 2 is 1.85 bits per heavy atom. The van der Waals surface area contributed by atoms with Crippen molar-refractivity contribution in [2.24, 2.45) is 0 Å². The van der Waals surface area contributed by atoms with Crippen molar-refractivity contribution < 1.29 is 27.9 Å². The largest absolute Gasteiger partial charge is 0.480 e. The van der Waals surface area contributed by atoms with E-state index in [1.54, 1.807) is 0 Å². The Hall–Kier alpha value is -2.25. The first-order valence-corrected chi connectivity index (χ1v) is 5.81. The molecule has 0 spiro atoms. The maximum Gasteiger partial charge on any atom is 0.329 e. The number of benzene rings is 1. The molecule has 0 aliphatic heterocycles. The third-order valence-corrected chi connectivity index (χ3v) is 3.21. The number of aliphatic carboxylic acids is 1. The van der Waals surface area contributed by atoms with Crippen LogP contribution in [0.3, 0.4) is 0 Å². The van der Waals surface area contributed by atoms with Crippen molar-refractivity contribution in [3.8, 4) is 0 Å². The van der Waals surface area contributed by atoms with Crippen LogP contribution in [0.4, 0.5) is 23.7 Å². The van der Waals surface area contributed by atoms with E-state index in [0.717, 1.165) is 0 Å². The van der Waals surface area contributed by atoms with E-state index in [1.807, 2.05) is 5.32 Å². The van der Waals surface area contributed by atoms with Gasteiger partial charge in [0, 0.05) is 12.1 Å². The monoisotopic (exact) mass is 288 g/mol. The summed E-state index contributed by atoms with van der Waals surface area (Å²) >= 11 is 0. The Morgan fingerprint density at radius 1 is 1.20 bits per heavy atom. The molecule has 0 saturated heterocycles. The van der Waals surface area contributed by atoms with Crippen LogP contribution in [0.5, 0.6) is 0 Å². The topological polar surface area (TPSA) is 78.4 Å². The molecule has 0 unspecified atom stereocenters. The number of carboxylic acid groups (broad SMARTS) is 1. The molecule has 20 heavy (non-hydrogen) atoms. The summed E-state index contributed by atoms with van der Waals surface area (Å²) in [5.41, 5.74) is -2.09. The van der Waals surface area contributed by atoms with E-state index >= 15 is 0 Å². The number of anilines is 1. The summed E-state index contributed by atoms with van der Waals surface area (Å²) in [6, 6.07) is -0.0917. The zero-order chi connectivity index (χ0) is 14.9. The van der Waals surface area contributed by atoms with Crippen LogP contribution in [0.2, 0.25) is 0 Å². The van der Waals surface area contributed by atoms with Gasteiger partial charge in [-0.3, -0.25) is 0 Å². The van der Waals surface area contributed by atoms with Crippen LogP contribution < -0.4 is 10.6 Å². The van der Waals surface area contributed by atoms with Crippen LogP contribution in [0.1, 0.15) is 19.3 Å². The lowest BCUT2D eigenvalue weighted by atomic mass is 9.77. The molecule has 1 fully saturated rings. The lowest BCUT2D eigenvalue weighted by molar-refractivity contribution is -0.148. The van der Waals surface area contributed by atoms with Gasteiger partial charge in [-0.05, 0) is 19.3 Å². The molecule has 0 radical (unpaired) electrons. The summed E-state index contributed by atoms with van der Waals surface area (Å²) in [6.07, 6.45) is 1.13. The summed E-state index contributed by atoms with van der Waals surface area (Å²) < 4.78 is 39.2. The molecule has 2 amide bonds. The maximum absolute atomic E-state index is 13.3. The summed E-state index contributed by atoms with van der Waals surface area (Å²) in [5.74, 6) is -5.13. The first-order valence-electron chi connectivity index (χ1n) is 5.81. The Labute approximate surface area is 111 Å². The van der Waals surface area contributed by atoms with Crippen LogP contribution in [0.15, 0.2) is 12.1 Å². The van der Waals surface area contributed by atoms with Gasteiger partial charge in [0.2, 0.25) is 0 Å². The molecule has 8 heteroatoms. The third-order valence-electron chi connectivity index (χ3n) is 3.21. The summed E-state index contributed by atoms with van der Waals surface area (Å²) in [4.78, 5) is 22.6. The first kappa shape index (κ1) is 14.2. The molecule has 1 aliphatic carbocycles. The molecule has 2 rings (SSSR count). The Kier molecular flexibility index (Phi) is 3.56. The number of carbonyl (C=O) groups excluding carboxylic acids is 1. The van der Waals surface area contributed by atoms with Gasteiger partial charge in [-0.1, -0.05) is 0 Å². The molecular formula is C12H11F3N2O3. The minimum atomic E-state index is -1.45. The van der Waals surface area contributed by atoms with Crippen molar-refractivity contribution in [1.29, 1.82) is 0 Å². The predicted octanol–water partition coefficient (Wildman–Crippen LogP) is 2.23. The second-order valence-electron chi connectivity index (χ2n) is 4.57. The number of rotatable bonds is 3. The molecule has 1 saturated carbocycles. The van der Waals surface area contributed by atoms with Gasteiger partial charge in [0.05, 0.1) is 5.69 Å². The van der Waals surface area contributed by atoms with Crippen LogP contribution in [0.25, 0.3) is 0 Å². The van der Waals surface area contributed by atoms with Crippen molar-refractivity contribution >= 4 is 17.7 Å². The van der Waals surface area contributed by atoms with Gasteiger partial charge in [0.25, 0.3) is 0 Å². The summed E-state index contributed by atoms with van der Waals surface area (Å²) in [5, 5.41) is 13.1. The standard InChI is InChI=1S/C12H11F3N2O3/c13-6-4-7(14)9(15)8(5-6)16-11(20)17-12(10(18)19)2-1-3-12/h4-5H,1-3H2,(H,18,19)(H2,16,17,20). The molecule has 0 aromatic heterocycles. The van der Waals surface area contributed by atoms with E-state index in [2.05, 4.69) is 5.32 Å². The number of halogens is 3. The number of hydrogen-bond acceptors (Lipinski definition) is 2. The fraction of sp³-hybridized carbons (Fsp3) is 0.333. The lowest BCUT2D eigenvalue weighted by Crippen LogP contribution is -2.60. The summed E-state index contributed by atoms with van der Waals surface area (Å²) in [7, 11) is 0. The van der Waals surface area contributed by atoms with Crippen LogP contribution in [-0.2, 0) is 4.79 Å². The molecule has 1 aromatic carbocycles. The second kappa shape index (κ2) is 5.03. The highest BCUT2D eigenvalue weighted by Crippen LogP contribution is 2.32. The predicted molar refractivity (Wildman–Crippen MR) is 62.7 cm³/mol. The van der Waals surface area contributed by atoms with Crippen molar-refractivity contribution in [2.75, 3.05) is 5.32 Å². The smallest absolute Gasteiger partial charge is 0.329 e. The maximum atomic E-state index is 13.3. The van der Waals surface area contributed by atoms with Gasteiger partial charge in [-0.2, -0.15) is 0 Å². The number of carboxylic acids is 1. The molecular weight excluding hydrogens is 277 g/mol. The van der Waals surface area contributed by atoms with Gasteiger partial charge in [-0.25, -0.2) is 22.8 Å². The molecule has 0 heterocycles. The van der Waals surface area contributed by atoms with E-state index < -0.39 is 40.7 Å². The average molecular weight is 288 g/mol. The van der Waals surface area contributed by atoms with Gasteiger partial charge in [0.1, 0.15) is 11.4 Å². The Bertz CT molecular complexity index is 573. The third kappa shape index (κ3) is 2.54. The second-order valence-corrected chi connectivity index (χ2v) is 4.57. The number of nitrogens with one attached hydrogen (secondary N) is 2. The van der Waals surface area contributed by atoms with E-state index in [4.69, 9.17) is 5.11 Å². The zero-order valence-corrected chi connectivity index (χ0v) is 10.2.